The molecule has 6 unspecified atom stereocenters. The van der Waals surface area contributed by atoms with Gasteiger partial charge in [-0.05, 0) is 68.1 Å². The molecule has 2 saturated carbocycles. The molecular weight excluding hydrogens is 508 g/mol. The minimum Gasteiger partial charge on any atom is -0.504 e. The molecule has 38 heavy (non-hydrogen) atoms. The fraction of sp³-hybridized carbons (Fsp3) is 0.679. The number of fused-ring (bicyclic) bond motifs is 2. The second-order valence-electron chi connectivity index (χ2n) is 11.7. The molecule has 4 rings (SSSR count). The molecule has 2 bridgehead atoms. The molecule has 0 radical (unpaired) electrons. The molecular formula is C28H40N2O7S. The van der Waals surface area contributed by atoms with Crippen LogP contribution in [0.15, 0.2) is 18.2 Å². The van der Waals surface area contributed by atoms with Gasteiger partial charge in [-0.15, -0.1) is 0 Å². The van der Waals surface area contributed by atoms with Crippen LogP contribution in [0.1, 0.15) is 76.6 Å². The first-order chi connectivity index (χ1) is 17.9. The Labute approximate surface area is 226 Å². The van der Waals surface area contributed by atoms with Crippen molar-refractivity contribution in [3.05, 3.63) is 23.8 Å². The molecule has 0 aromatic heterocycles. The van der Waals surface area contributed by atoms with Crippen LogP contribution in [0.4, 0.5) is 0 Å². The third-order valence-electron chi connectivity index (χ3n) is 9.58. The molecule has 1 saturated heterocycles. The van der Waals surface area contributed by atoms with Crippen LogP contribution in [0, 0.1) is 16.7 Å². The molecule has 1 heterocycles. The predicted octanol–water partition coefficient (Wildman–Crippen LogP) is 3.10. The summed E-state index contributed by atoms with van der Waals surface area (Å²) in [5.74, 6) is -1.07. The molecule has 0 spiro atoms. The number of carbonyl (C=O) groups excluding carboxylic acids is 3. The van der Waals surface area contributed by atoms with Crippen LogP contribution < -0.4 is 5.32 Å². The number of likely N-dealkylation sites (tertiary alicyclic amines) is 1. The summed E-state index contributed by atoms with van der Waals surface area (Å²) in [7, 11) is -1.15. The number of nitrogens with zero attached hydrogens (tertiary/aromatic N) is 1. The van der Waals surface area contributed by atoms with Gasteiger partial charge in [0.05, 0.1) is 0 Å². The number of hydrogen-bond acceptors (Lipinski definition) is 7. The molecule has 9 nitrogen and oxygen atoms in total. The van der Waals surface area contributed by atoms with E-state index in [0.717, 1.165) is 25.3 Å². The third kappa shape index (κ3) is 5.16. The fourth-order valence-electron chi connectivity index (χ4n) is 6.56. The maximum Gasteiger partial charge on any atom is 0.329 e. The fourth-order valence-corrected chi connectivity index (χ4v) is 7.35. The molecule has 2 aliphatic carbocycles. The van der Waals surface area contributed by atoms with Crippen molar-refractivity contribution in [2.75, 3.05) is 18.1 Å². The largest absolute Gasteiger partial charge is 0.504 e. The van der Waals surface area contributed by atoms with Gasteiger partial charge in [-0.1, -0.05) is 27.7 Å². The van der Waals surface area contributed by atoms with Gasteiger partial charge in [0.1, 0.15) is 18.2 Å². The van der Waals surface area contributed by atoms with E-state index in [1.165, 1.54) is 17.0 Å². The van der Waals surface area contributed by atoms with Crippen LogP contribution in [-0.4, -0.2) is 73.3 Å². The molecule has 1 aliphatic heterocycles. The Kier molecular flexibility index (Phi) is 8.12. The van der Waals surface area contributed by atoms with Crippen molar-refractivity contribution in [3.63, 3.8) is 0 Å². The summed E-state index contributed by atoms with van der Waals surface area (Å²) in [5.41, 5.74) is 0.0760. The summed E-state index contributed by atoms with van der Waals surface area (Å²) in [4.78, 5) is 41.5. The van der Waals surface area contributed by atoms with Crippen LogP contribution in [0.25, 0.3) is 0 Å². The Hall–Kier alpha value is -2.62. The summed E-state index contributed by atoms with van der Waals surface area (Å²) >= 11 is 0. The molecule has 2 amide bonds. The van der Waals surface area contributed by atoms with E-state index >= 15 is 0 Å². The number of rotatable bonds is 9. The second kappa shape index (κ2) is 10.9. The number of esters is 1. The lowest BCUT2D eigenvalue weighted by Gasteiger charge is -2.39. The average Bonchev–Trinajstić information content (AvgIpc) is 3.51. The lowest BCUT2D eigenvalue weighted by Crippen LogP contribution is -2.53. The van der Waals surface area contributed by atoms with Gasteiger partial charge in [0.2, 0.25) is 5.91 Å². The number of benzene rings is 1. The van der Waals surface area contributed by atoms with Gasteiger partial charge in [0.25, 0.3) is 5.91 Å². The first-order valence-electron chi connectivity index (χ1n) is 13.6. The predicted molar refractivity (Wildman–Crippen MR) is 143 cm³/mol. The lowest BCUT2D eigenvalue weighted by molar-refractivity contribution is -0.165. The maximum absolute atomic E-state index is 13.7. The van der Waals surface area contributed by atoms with E-state index in [0.29, 0.717) is 31.1 Å². The van der Waals surface area contributed by atoms with Crippen molar-refractivity contribution in [1.82, 2.24) is 10.2 Å². The smallest absolute Gasteiger partial charge is 0.329 e. The van der Waals surface area contributed by atoms with Crippen molar-refractivity contribution in [2.24, 2.45) is 16.7 Å². The third-order valence-corrected chi connectivity index (χ3v) is 10.9. The van der Waals surface area contributed by atoms with Gasteiger partial charge in [-0.3, -0.25) is 13.8 Å². The van der Waals surface area contributed by atoms with E-state index < -0.39 is 46.4 Å². The van der Waals surface area contributed by atoms with Crippen molar-refractivity contribution < 1.29 is 33.5 Å². The quantitative estimate of drug-likeness (QED) is 0.319. The maximum atomic E-state index is 13.7. The Bertz CT molecular complexity index is 1120. The van der Waals surface area contributed by atoms with Crippen molar-refractivity contribution in [3.8, 4) is 11.5 Å². The zero-order valence-electron chi connectivity index (χ0n) is 22.7. The van der Waals surface area contributed by atoms with Crippen molar-refractivity contribution in [1.29, 1.82) is 0 Å². The number of carbonyl (C=O) groups is 3. The number of phenols is 2. The van der Waals surface area contributed by atoms with Crippen molar-refractivity contribution in [2.45, 2.75) is 84.4 Å². The van der Waals surface area contributed by atoms with Crippen LogP contribution in [0.2, 0.25) is 0 Å². The number of phenolic OH excluding ortho intramolecular Hbond substituents is 2. The highest BCUT2D eigenvalue weighted by Crippen LogP contribution is 2.66. The number of amides is 2. The van der Waals surface area contributed by atoms with Crippen LogP contribution in [-0.2, 0) is 25.1 Å². The molecule has 3 N–H and O–H groups in total. The van der Waals surface area contributed by atoms with Crippen LogP contribution in [0.3, 0.4) is 0 Å². The molecule has 210 valence electrons. The van der Waals surface area contributed by atoms with Gasteiger partial charge < -0.3 is 25.2 Å². The van der Waals surface area contributed by atoms with Crippen molar-refractivity contribution >= 4 is 28.6 Å². The first kappa shape index (κ1) is 28.4. The second-order valence-corrected chi connectivity index (χ2v) is 13.5. The van der Waals surface area contributed by atoms with E-state index in [4.69, 9.17) is 4.74 Å². The summed E-state index contributed by atoms with van der Waals surface area (Å²) in [6.45, 7) is 8.87. The highest BCUT2D eigenvalue weighted by atomic mass is 32.2. The normalized spacial score (nSPS) is 29.2. The Morgan fingerprint density at radius 3 is 2.53 bits per heavy atom. The summed E-state index contributed by atoms with van der Waals surface area (Å²) in [5, 5.41) is 22.0. The first-order valence-corrected chi connectivity index (χ1v) is 15.1. The Morgan fingerprint density at radius 2 is 1.92 bits per heavy atom. The van der Waals surface area contributed by atoms with Crippen LogP contribution >= 0.6 is 0 Å². The molecule has 1 aromatic carbocycles. The minimum absolute atomic E-state index is 0.0687. The molecule has 3 aliphatic rings. The van der Waals surface area contributed by atoms with E-state index in [9.17, 15) is 28.8 Å². The number of hydrogen-bond donors (Lipinski definition) is 3. The van der Waals surface area contributed by atoms with Gasteiger partial charge in [-0.25, -0.2) is 4.79 Å². The molecule has 10 heteroatoms. The Balaban J connectivity index is 1.48. The number of ether oxygens (including phenoxy) is 1. The number of nitrogens with one attached hydrogen (secondary N) is 1. The zero-order chi connectivity index (χ0) is 27.8. The summed E-state index contributed by atoms with van der Waals surface area (Å²) in [6.07, 6.45) is 4.12. The average molecular weight is 549 g/mol. The standard InChI is InChI=1S/C28H40N2O7S/c1-5-38(36)14-11-19(29-24(33)17-8-9-21(31)22(32)15-17)25(34)30-13-6-7-20(30)26(35)37-23-16-18-10-12-28(23,4)27(18,2)3/h8-9,15,18-20,23,31-32H,5-7,10-14,16H2,1-4H3,(H,29,33). The van der Waals surface area contributed by atoms with Gasteiger partial charge in [0.15, 0.2) is 11.5 Å². The number of aromatic hydroxyl groups is 2. The highest BCUT2D eigenvalue weighted by molar-refractivity contribution is 7.84. The van der Waals surface area contributed by atoms with E-state index in [1.807, 2.05) is 0 Å². The topological polar surface area (TPSA) is 133 Å². The molecule has 6 atom stereocenters. The molecule has 1 aromatic rings. The van der Waals surface area contributed by atoms with E-state index in [2.05, 4.69) is 26.1 Å². The van der Waals surface area contributed by atoms with E-state index in [-0.39, 0.29) is 40.4 Å². The van der Waals surface area contributed by atoms with Crippen LogP contribution in [0.5, 0.6) is 11.5 Å². The van der Waals surface area contributed by atoms with Gasteiger partial charge in [0, 0.05) is 39.8 Å². The summed E-state index contributed by atoms with van der Waals surface area (Å²) in [6, 6.07) is 1.92. The van der Waals surface area contributed by atoms with E-state index in [1.54, 1.807) is 6.92 Å². The minimum atomic E-state index is -1.15. The Morgan fingerprint density at radius 1 is 1.18 bits per heavy atom. The van der Waals surface area contributed by atoms with Gasteiger partial charge in [-0.2, -0.15) is 0 Å². The lowest BCUT2D eigenvalue weighted by atomic mass is 9.70. The molecule has 3 fully saturated rings. The SMILES string of the molecule is CCS(=O)CCC(NC(=O)c1ccc(O)c(O)c1)C(=O)N1CCCC1C(=O)OC1CC2CCC1(C)C2(C)C. The highest BCUT2D eigenvalue weighted by Gasteiger charge is 2.63. The monoisotopic (exact) mass is 548 g/mol. The summed E-state index contributed by atoms with van der Waals surface area (Å²) < 4.78 is 18.2. The van der Waals surface area contributed by atoms with Gasteiger partial charge >= 0.3 is 5.97 Å². The zero-order valence-corrected chi connectivity index (χ0v) is 23.5.